The summed E-state index contributed by atoms with van der Waals surface area (Å²) in [7, 11) is 0. The second kappa shape index (κ2) is 6.43. The monoisotopic (exact) mass is 360 g/mol. The van der Waals surface area contributed by atoms with Gasteiger partial charge in [-0.25, -0.2) is 9.50 Å². The molecule has 2 aromatic heterocycles. The van der Waals surface area contributed by atoms with E-state index < -0.39 is 11.9 Å². The van der Waals surface area contributed by atoms with Gasteiger partial charge in [0.2, 0.25) is 5.82 Å². The summed E-state index contributed by atoms with van der Waals surface area (Å²) in [6.45, 7) is 1.81. The molecule has 24 heavy (non-hydrogen) atoms. The summed E-state index contributed by atoms with van der Waals surface area (Å²) in [4.78, 5) is 20.4. The number of carbonyl (C=O) groups is 1. The van der Waals surface area contributed by atoms with Crippen LogP contribution in [-0.2, 0) is 0 Å². The van der Waals surface area contributed by atoms with E-state index in [1.807, 2.05) is 13.0 Å². The van der Waals surface area contributed by atoms with Crippen molar-refractivity contribution < 1.29 is 4.79 Å². The number of carbonyl (C=O) groups excluding carboxylic acids is 1. The van der Waals surface area contributed by atoms with E-state index in [9.17, 15) is 10.1 Å². The fourth-order valence-corrected chi connectivity index (χ4v) is 2.54. The number of hydrogen-bond acceptors (Lipinski definition) is 5. The van der Waals surface area contributed by atoms with Crippen LogP contribution in [0.2, 0.25) is 10.0 Å². The van der Waals surface area contributed by atoms with E-state index in [1.54, 1.807) is 30.5 Å². The van der Waals surface area contributed by atoms with Crippen LogP contribution in [0.5, 0.6) is 0 Å². The minimum Gasteiger partial charge on any atom is -0.330 e. The first kappa shape index (κ1) is 16.2. The van der Waals surface area contributed by atoms with Crippen LogP contribution in [0.15, 0.2) is 30.5 Å². The number of aromatic nitrogens is 4. The van der Waals surface area contributed by atoms with Crippen LogP contribution in [0.1, 0.15) is 27.9 Å². The second-order valence-electron chi connectivity index (χ2n) is 4.91. The number of aryl methyl sites for hydroxylation is 1. The molecule has 1 unspecified atom stereocenters. The van der Waals surface area contributed by atoms with Crippen molar-refractivity contribution in [2.45, 2.75) is 13.0 Å². The molecule has 1 atom stereocenters. The van der Waals surface area contributed by atoms with Crippen molar-refractivity contribution in [3.63, 3.8) is 0 Å². The molecule has 0 saturated heterocycles. The van der Waals surface area contributed by atoms with Gasteiger partial charge < -0.3 is 5.32 Å². The van der Waals surface area contributed by atoms with Gasteiger partial charge in [-0.3, -0.25) is 4.79 Å². The van der Waals surface area contributed by atoms with E-state index in [-0.39, 0.29) is 10.8 Å². The van der Waals surface area contributed by atoms with Crippen molar-refractivity contribution in [1.29, 1.82) is 5.26 Å². The summed E-state index contributed by atoms with van der Waals surface area (Å²) in [5.41, 5.74) is 1.18. The Morgan fingerprint density at radius 2 is 2.17 bits per heavy atom. The number of rotatable bonds is 3. The predicted molar refractivity (Wildman–Crippen MR) is 87.8 cm³/mol. The first-order chi connectivity index (χ1) is 11.5. The Kier molecular flexibility index (Phi) is 4.34. The Labute approximate surface area is 146 Å². The van der Waals surface area contributed by atoms with Gasteiger partial charge in [-0.2, -0.15) is 10.2 Å². The SMILES string of the molecule is Cc1ccnc2nc(C(=O)NC(C#N)c3cccc(Cl)c3Cl)nn12. The number of nitrogens with zero attached hydrogens (tertiary/aromatic N) is 5. The number of nitrogens with one attached hydrogen (secondary N) is 1. The standard InChI is InChI=1S/C15H10Cl2N6O/c1-8-5-6-19-15-21-13(22-23(8)15)14(24)20-11(7-18)9-3-2-4-10(16)12(9)17/h2-6,11H,1H3,(H,20,24). The molecule has 3 aromatic rings. The van der Waals surface area contributed by atoms with Crippen molar-refractivity contribution in [1.82, 2.24) is 24.9 Å². The average molecular weight is 361 g/mol. The van der Waals surface area contributed by atoms with Gasteiger partial charge in [0.1, 0.15) is 6.04 Å². The van der Waals surface area contributed by atoms with Crippen LogP contribution in [0.3, 0.4) is 0 Å². The lowest BCUT2D eigenvalue weighted by molar-refractivity contribution is 0.0935. The van der Waals surface area contributed by atoms with Gasteiger partial charge in [-0.15, -0.1) is 5.10 Å². The quantitative estimate of drug-likeness (QED) is 0.774. The van der Waals surface area contributed by atoms with Crippen LogP contribution < -0.4 is 5.32 Å². The molecule has 2 heterocycles. The lowest BCUT2D eigenvalue weighted by Crippen LogP contribution is -2.28. The molecule has 0 aliphatic heterocycles. The molecular weight excluding hydrogens is 351 g/mol. The fourth-order valence-electron chi connectivity index (χ4n) is 2.12. The Hall–Kier alpha value is -2.69. The van der Waals surface area contributed by atoms with Gasteiger partial charge in [0, 0.05) is 17.5 Å². The summed E-state index contributed by atoms with van der Waals surface area (Å²) in [6, 6.07) is 7.60. The van der Waals surface area contributed by atoms with Gasteiger partial charge in [-0.05, 0) is 19.1 Å². The summed E-state index contributed by atoms with van der Waals surface area (Å²) in [5, 5.41) is 16.5. The topological polar surface area (TPSA) is 96.0 Å². The Morgan fingerprint density at radius 3 is 2.88 bits per heavy atom. The summed E-state index contributed by atoms with van der Waals surface area (Å²) in [6.07, 6.45) is 1.57. The largest absolute Gasteiger partial charge is 0.330 e. The van der Waals surface area contributed by atoms with E-state index in [0.29, 0.717) is 16.4 Å². The number of halogens is 2. The first-order valence-corrected chi connectivity index (χ1v) is 7.59. The highest BCUT2D eigenvalue weighted by Crippen LogP contribution is 2.29. The molecule has 0 saturated carbocycles. The third-order valence-electron chi connectivity index (χ3n) is 3.33. The van der Waals surface area contributed by atoms with Gasteiger partial charge in [0.15, 0.2) is 0 Å². The molecule has 120 valence electrons. The van der Waals surface area contributed by atoms with Crippen LogP contribution >= 0.6 is 23.2 Å². The highest BCUT2D eigenvalue weighted by Gasteiger charge is 2.22. The maximum absolute atomic E-state index is 12.4. The van der Waals surface area contributed by atoms with Crippen LogP contribution in [0, 0.1) is 18.3 Å². The van der Waals surface area contributed by atoms with E-state index >= 15 is 0 Å². The third kappa shape index (κ3) is 2.89. The van der Waals surface area contributed by atoms with Crippen molar-refractivity contribution in [2.75, 3.05) is 0 Å². The Balaban J connectivity index is 1.90. The maximum atomic E-state index is 12.4. The summed E-state index contributed by atoms with van der Waals surface area (Å²) in [5.74, 6) is -0.396. The van der Waals surface area contributed by atoms with Crippen LogP contribution in [0.25, 0.3) is 5.78 Å². The lowest BCUT2D eigenvalue weighted by Gasteiger charge is -2.12. The highest BCUT2D eigenvalue weighted by atomic mass is 35.5. The zero-order valence-electron chi connectivity index (χ0n) is 12.4. The van der Waals surface area contributed by atoms with Gasteiger partial charge >= 0.3 is 0 Å². The second-order valence-corrected chi connectivity index (χ2v) is 5.70. The van der Waals surface area contributed by atoms with Crippen molar-refractivity contribution >= 4 is 34.9 Å². The number of benzene rings is 1. The molecule has 0 bridgehead atoms. The molecule has 0 aliphatic carbocycles. The number of fused-ring (bicyclic) bond motifs is 1. The number of amides is 1. The summed E-state index contributed by atoms with van der Waals surface area (Å²) < 4.78 is 1.45. The first-order valence-electron chi connectivity index (χ1n) is 6.84. The zero-order valence-corrected chi connectivity index (χ0v) is 13.9. The van der Waals surface area contributed by atoms with Crippen LogP contribution in [0.4, 0.5) is 0 Å². The highest BCUT2D eigenvalue weighted by molar-refractivity contribution is 6.42. The van der Waals surface area contributed by atoms with Crippen molar-refractivity contribution in [3.05, 3.63) is 57.6 Å². The van der Waals surface area contributed by atoms with E-state index in [4.69, 9.17) is 23.2 Å². The minimum absolute atomic E-state index is 0.0878. The predicted octanol–water partition coefficient (Wildman–Crippen LogP) is 2.73. The molecule has 0 spiro atoms. The molecule has 1 aromatic carbocycles. The average Bonchev–Trinajstić information content (AvgIpc) is 3.01. The molecule has 7 nitrogen and oxygen atoms in total. The lowest BCUT2D eigenvalue weighted by atomic mass is 10.1. The molecule has 0 fully saturated rings. The van der Waals surface area contributed by atoms with E-state index in [2.05, 4.69) is 20.4 Å². The number of hydrogen-bond donors (Lipinski definition) is 1. The fraction of sp³-hybridized carbons (Fsp3) is 0.133. The minimum atomic E-state index is -0.982. The molecule has 1 N–H and O–H groups in total. The molecule has 1 amide bonds. The Morgan fingerprint density at radius 1 is 1.38 bits per heavy atom. The van der Waals surface area contributed by atoms with E-state index in [0.717, 1.165) is 5.69 Å². The smallest absolute Gasteiger partial charge is 0.292 e. The maximum Gasteiger partial charge on any atom is 0.292 e. The molecule has 3 rings (SSSR count). The van der Waals surface area contributed by atoms with Crippen LogP contribution in [-0.4, -0.2) is 25.5 Å². The van der Waals surface area contributed by atoms with Gasteiger partial charge in [0.25, 0.3) is 11.7 Å². The van der Waals surface area contributed by atoms with Gasteiger partial charge in [0.05, 0.1) is 16.1 Å². The van der Waals surface area contributed by atoms with Crippen molar-refractivity contribution in [2.24, 2.45) is 0 Å². The molecule has 9 heteroatoms. The van der Waals surface area contributed by atoms with Crippen molar-refractivity contribution in [3.8, 4) is 6.07 Å². The molecular formula is C15H10Cl2N6O. The number of nitriles is 1. The summed E-state index contributed by atoms with van der Waals surface area (Å²) >= 11 is 12.1. The Bertz CT molecular complexity index is 978. The molecule has 0 radical (unpaired) electrons. The van der Waals surface area contributed by atoms with Gasteiger partial charge in [-0.1, -0.05) is 35.3 Å². The normalized spacial score (nSPS) is 11.9. The zero-order chi connectivity index (χ0) is 17.3. The van der Waals surface area contributed by atoms with E-state index in [1.165, 1.54) is 4.52 Å². The third-order valence-corrected chi connectivity index (χ3v) is 4.16. The molecule has 0 aliphatic rings.